The summed E-state index contributed by atoms with van der Waals surface area (Å²) in [7, 11) is 2.22. The Balaban J connectivity index is 3.85. The molecular weight excluding hydrogens is 196 g/mol. The Kier molecular flexibility index (Phi) is 8.04. The van der Waals surface area contributed by atoms with Crippen LogP contribution in [0.1, 0.15) is 53.4 Å². The van der Waals surface area contributed by atoms with Crippen LogP contribution in [-0.4, -0.2) is 31.6 Å². The normalized spacial score (nSPS) is 14.4. The van der Waals surface area contributed by atoms with Crippen molar-refractivity contribution >= 4 is 0 Å². The minimum absolute atomic E-state index is 0.405. The lowest BCUT2D eigenvalue weighted by molar-refractivity contribution is 0.200. The zero-order valence-electron chi connectivity index (χ0n) is 12.1. The molecule has 0 saturated carbocycles. The van der Waals surface area contributed by atoms with Gasteiger partial charge >= 0.3 is 0 Å². The van der Waals surface area contributed by atoms with Gasteiger partial charge in [0, 0.05) is 0 Å². The third-order valence-electron chi connectivity index (χ3n) is 3.44. The van der Waals surface area contributed by atoms with E-state index >= 15 is 0 Å². The first kappa shape index (κ1) is 15.9. The van der Waals surface area contributed by atoms with Crippen molar-refractivity contribution in [3.8, 4) is 0 Å². The van der Waals surface area contributed by atoms with E-state index in [-0.39, 0.29) is 0 Å². The average Bonchev–Trinajstić information content (AvgIpc) is 2.15. The fourth-order valence-electron chi connectivity index (χ4n) is 2.31. The molecule has 0 radical (unpaired) electrons. The van der Waals surface area contributed by atoms with Gasteiger partial charge in [-0.15, -0.1) is 0 Å². The Hall–Kier alpha value is -0.0800. The molecule has 0 aromatic rings. The Morgan fingerprint density at radius 2 is 1.75 bits per heavy atom. The second kappa shape index (κ2) is 8.08. The maximum atomic E-state index is 5.69. The summed E-state index contributed by atoms with van der Waals surface area (Å²) in [5, 5.41) is 0. The molecule has 16 heavy (non-hydrogen) atoms. The van der Waals surface area contributed by atoms with Crippen LogP contribution in [0.4, 0.5) is 0 Å². The van der Waals surface area contributed by atoms with E-state index in [0.29, 0.717) is 5.41 Å². The number of rotatable bonds is 8. The standard InChI is InChI=1S/C14H32N2/c1-6-11-16(5)12-7-8-13(9-10-15)14(2,3)4/h13H,6-12,15H2,1-5H3. The highest BCUT2D eigenvalue weighted by Gasteiger charge is 2.23. The first-order valence-corrected chi connectivity index (χ1v) is 6.80. The van der Waals surface area contributed by atoms with Gasteiger partial charge in [0.2, 0.25) is 0 Å². The van der Waals surface area contributed by atoms with E-state index in [4.69, 9.17) is 5.73 Å². The van der Waals surface area contributed by atoms with Crippen molar-refractivity contribution in [3.05, 3.63) is 0 Å². The van der Waals surface area contributed by atoms with E-state index < -0.39 is 0 Å². The molecular formula is C14H32N2. The van der Waals surface area contributed by atoms with Gasteiger partial charge < -0.3 is 10.6 Å². The molecule has 1 unspecified atom stereocenters. The van der Waals surface area contributed by atoms with Gasteiger partial charge in [0.05, 0.1) is 0 Å². The quantitative estimate of drug-likeness (QED) is 0.691. The van der Waals surface area contributed by atoms with Gasteiger partial charge in [-0.2, -0.15) is 0 Å². The van der Waals surface area contributed by atoms with E-state index in [2.05, 4.69) is 39.6 Å². The van der Waals surface area contributed by atoms with E-state index in [1.54, 1.807) is 0 Å². The SMILES string of the molecule is CCCN(C)CCCC(CCN)C(C)(C)C. The Bertz CT molecular complexity index is 161. The molecule has 2 heteroatoms. The van der Waals surface area contributed by atoms with E-state index in [1.807, 2.05) is 0 Å². The summed E-state index contributed by atoms with van der Waals surface area (Å²) >= 11 is 0. The van der Waals surface area contributed by atoms with E-state index in [0.717, 1.165) is 12.5 Å². The Morgan fingerprint density at radius 3 is 2.19 bits per heavy atom. The van der Waals surface area contributed by atoms with Gasteiger partial charge in [0.25, 0.3) is 0 Å². The summed E-state index contributed by atoms with van der Waals surface area (Å²) in [4.78, 5) is 2.43. The first-order chi connectivity index (χ1) is 7.41. The third-order valence-corrected chi connectivity index (χ3v) is 3.44. The lowest BCUT2D eigenvalue weighted by atomic mass is 9.76. The van der Waals surface area contributed by atoms with Crippen LogP contribution >= 0.6 is 0 Å². The predicted octanol–water partition coefficient (Wildman–Crippen LogP) is 3.12. The zero-order chi connectivity index (χ0) is 12.6. The van der Waals surface area contributed by atoms with Gasteiger partial charge in [0.15, 0.2) is 0 Å². The molecule has 0 amide bonds. The molecule has 0 spiro atoms. The van der Waals surface area contributed by atoms with Crippen molar-refractivity contribution in [3.63, 3.8) is 0 Å². The predicted molar refractivity (Wildman–Crippen MR) is 73.6 cm³/mol. The molecule has 0 fully saturated rings. The highest BCUT2D eigenvalue weighted by atomic mass is 15.1. The summed E-state index contributed by atoms with van der Waals surface area (Å²) in [6.07, 6.45) is 5.04. The molecule has 98 valence electrons. The number of hydrogen-bond acceptors (Lipinski definition) is 2. The van der Waals surface area contributed by atoms with Crippen LogP contribution in [0.15, 0.2) is 0 Å². The molecule has 0 aliphatic carbocycles. The smallest absolute Gasteiger partial charge is 0.00217 e. The maximum Gasteiger partial charge on any atom is -0.00217 e. The summed E-state index contributed by atoms with van der Waals surface area (Å²) in [6, 6.07) is 0. The fraction of sp³-hybridized carbons (Fsp3) is 1.00. The molecule has 0 heterocycles. The summed E-state index contributed by atoms with van der Waals surface area (Å²) in [5.74, 6) is 0.771. The molecule has 0 aromatic carbocycles. The Labute approximate surface area is 103 Å². The van der Waals surface area contributed by atoms with Crippen LogP contribution in [0.2, 0.25) is 0 Å². The fourth-order valence-corrected chi connectivity index (χ4v) is 2.31. The minimum atomic E-state index is 0.405. The summed E-state index contributed by atoms with van der Waals surface area (Å²) < 4.78 is 0. The summed E-state index contributed by atoms with van der Waals surface area (Å²) in [5.41, 5.74) is 6.10. The maximum absolute atomic E-state index is 5.69. The molecule has 0 aliphatic rings. The molecule has 1 atom stereocenters. The Morgan fingerprint density at radius 1 is 1.12 bits per heavy atom. The molecule has 0 aromatic heterocycles. The highest BCUT2D eigenvalue weighted by Crippen LogP contribution is 2.31. The molecule has 0 bridgehead atoms. The largest absolute Gasteiger partial charge is 0.330 e. The van der Waals surface area contributed by atoms with Crippen LogP contribution in [0.5, 0.6) is 0 Å². The average molecular weight is 228 g/mol. The third kappa shape index (κ3) is 7.24. The zero-order valence-corrected chi connectivity index (χ0v) is 12.1. The van der Waals surface area contributed by atoms with Gasteiger partial charge in [-0.3, -0.25) is 0 Å². The van der Waals surface area contributed by atoms with Crippen molar-refractivity contribution < 1.29 is 0 Å². The molecule has 0 rings (SSSR count). The van der Waals surface area contributed by atoms with Gasteiger partial charge in [-0.25, -0.2) is 0 Å². The molecule has 0 saturated heterocycles. The van der Waals surface area contributed by atoms with Crippen LogP contribution in [0.3, 0.4) is 0 Å². The van der Waals surface area contributed by atoms with Crippen LogP contribution < -0.4 is 5.73 Å². The van der Waals surface area contributed by atoms with E-state index in [9.17, 15) is 0 Å². The van der Waals surface area contributed by atoms with Gasteiger partial charge in [-0.05, 0) is 63.7 Å². The second-order valence-corrected chi connectivity index (χ2v) is 6.09. The summed E-state index contributed by atoms with van der Waals surface area (Å²) in [6.45, 7) is 12.5. The molecule has 2 nitrogen and oxygen atoms in total. The minimum Gasteiger partial charge on any atom is -0.330 e. The monoisotopic (exact) mass is 228 g/mol. The van der Waals surface area contributed by atoms with Crippen molar-refractivity contribution in [2.75, 3.05) is 26.7 Å². The first-order valence-electron chi connectivity index (χ1n) is 6.80. The van der Waals surface area contributed by atoms with Gasteiger partial charge in [-0.1, -0.05) is 27.7 Å². The second-order valence-electron chi connectivity index (χ2n) is 6.09. The van der Waals surface area contributed by atoms with Crippen LogP contribution in [-0.2, 0) is 0 Å². The van der Waals surface area contributed by atoms with E-state index in [1.165, 1.54) is 38.8 Å². The van der Waals surface area contributed by atoms with Crippen molar-refractivity contribution in [2.24, 2.45) is 17.1 Å². The van der Waals surface area contributed by atoms with Crippen LogP contribution in [0.25, 0.3) is 0 Å². The number of nitrogens with two attached hydrogens (primary N) is 1. The number of nitrogens with zero attached hydrogens (tertiary/aromatic N) is 1. The van der Waals surface area contributed by atoms with Crippen LogP contribution in [0, 0.1) is 11.3 Å². The lowest BCUT2D eigenvalue weighted by Gasteiger charge is -2.31. The molecule has 2 N–H and O–H groups in total. The molecule has 0 aliphatic heterocycles. The van der Waals surface area contributed by atoms with Crippen molar-refractivity contribution in [1.82, 2.24) is 4.90 Å². The van der Waals surface area contributed by atoms with Gasteiger partial charge in [0.1, 0.15) is 0 Å². The van der Waals surface area contributed by atoms with Crippen molar-refractivity contribution in [1.29, 1.82) is 0 Å². The van der Waals surface area contributed by atoms with Crippen molar-refractivity contribution in [2.45, 2.75) is 53.4 Å². The topological polar surface area (TPSA) is 29.3 Å². The lowest BCUT2D eigenvalue weighted by Crippen LogP contribution is -2.26. The highest BCUT2D eigenvalue weighted by molar-refractivity contribution is 4.74. The number of hydrogen-bond donors (Lipinski definition) is 1.